The van der Waals surface area contributed by atoms with E-state index < -0.39 is 5.91 Å². The molecule has 0 saturated heterocycles. The Morgan fingerprint density at radius 2 is 2.09 bits per heavy atom. The second-order valence-electron chi connectivity index (χ2n) is 5.00. The summed E-state index contributed by atoms with van der Waals surface area (Å²) in [6, 6.07) is 6.79. The summed E-state index contributed by atoms with van der Waals surface area (Å²) in [5.74, 6) is 0.0650. The summed E-state index contributed by atoms with van der Waals surface area (Å²) in [6.45, 7) is 0.0379. The summed E-state index contributed by atoms with van der Waals surface area (Å²) in [6.07, 6.45) is 0. The van der Waals surface area contributed by atoms with E-state index in [9.17, 15) is 9.59 Å². The van der Waals surface area contributed by atoms with Crippen LogP contribution in [0.4, 0.5) is 5.95 Å². The van der Waals surface area contributed by atoms with E-state index in [-0.39, 0.29) is 23.8 Å². The molecule has 3 aromatic rings. The summed E-state index contributed by atoms with van der Waals surface area (Å²) in [5, 5.41) is 6.74. The first-order chi connectivity index (χ1) is 11.0. The molecule has 9 heteroatoms. The Balaban J connectivity index is 1.76. The number of aromatic amines is 1. The normalized spacial score (nSPS) is 10.7. The van der Waals surface area contributed by atoms with Crippen molar-refractivity contribution in [3.63, 3.8) is 0 Å². The van der Waals surface area contributed by atoms with Crippen LogP contribution >= 0.6 is 0 Å². The van der Waals surface area contributed by atoms with Gasteiger partial charge in [-0.15, -0.1) is 0 Å². The zero-order valence-corrected chi connectivity index (χ0v) is 12.5. The van der Waals surface area contributed by atoms with Crippen LogP contribution in [0.25, 0.3) is 10.9 Å². The highest BCUT2D eigenvalue weighted by Gasteiger charge is 2.13. The van der Waals surface area contributed by atoms with E-state index in [2.05, 4.69) is 25.4 Å². The molecule has 0 aliphatic heterocycles. The van der Waals surface area contributed by atoms with Gasteiger partial charge in [0.1, 0.15) is 0 Å². The van der Waals surface area contributed by atoms with E-state index in [0.29, 0.717) is 16.9 Å². The lowest BCUT2D eigenvalue weighted by Gasteiger charge is -2.03. The zero-order chi connectivity index (χ0) is 16.4. The number of aromatic nitrogens is 4. The van der Waals surface area contributed by atoms with Gasteiger partial charge in [-0.1, -0.05) is 12.1 Å². The highest BCUT2D eigenvalue weighted by atomic mass is 16.5. The maximum atomic E-state index is 12.1. The number of para-hydroxylation sites is 1. The monoisotopic (exact) mass is 314 g/mol. The van der Waals surface area contributed by atoms with E-state index in [1.807, 2.05) is 0 Å². The number of hydrogen-bond donors (Lipinski definition) is 2. The van der Waals surface area contributed by atoms with Crippen molar-refractivity contribution < 1.29 is 9.32 Å². The van der Waals surface area contributed by atoms with Crippen LogP contribution in [0.5, 0.6) is 0 Å². The third-order valence-electron chi connectivity index (χ3n) is 3.09. The van der Waals surface area contributed by atoms with Gasteiger partial charge < -0.3 is 19.7 Å². The fraction of sp³-hybridized carbons (Fsp3) is 0.214. The number of amides is 1. The predicted octanol–water partition coefficient (Wildman–Crippen LogP) is 0.302. The number of carbonyl (C=O) groups excluding carboxylic acids is 1. The summed E-state index contributed by atoms with van der Waals surface area (Å²) in [5.41, 5.74) is 0.0857. The number of hydrogen-bond acceptors (Lipinski definition) is 7. The van der Waals surface area contributed by atoms with Crippen molar-refractivity contribution >= 4 is 22.8 Å². The summed E-state index contributed by atoms with van der Waals surface area (Å²) >= 11 is 0. The average Bonchev–Trinajstić information content (AvgIpc) is 3.02. The van der Waals surface area contributed by atoms with Crippen molar-refractivity contribution in [1.29, 1.82) is 0 Å². The van der Waals surface area contributed by atoms with Gasteiger partial charge in [-0.3, -0.25) is 9.59 Å². The van der Waals surface area contributed by atoms with Gasteiger partial charge in [-0.2, -0.15) is 4.98 Å². The van der Waals surface area contributed by atoms with Gasteiger partial charge in [0.25, 0.3) is 17.4 Å². The van der Waals surface area contributed by atoms with E-state index in [1.54, 1.807) is 43.3 Å². The Kier molecular flexibility index (Phi) is 3.75. The Morgan fingerprint density at radius 3 is 2.83 bits per heavy atom. The standard InChI is InChI=1S/C14H14N6O3/c1-20(2)14-17-10(23-19-14)7-15-13(22)11-16-9-6-4-3-5-8(9)12(21)18-11/h3-6H,7H2,1-2H3,(H,15,22)(H,16,18,21). The number of rotatable bonds is 4. The molecule has 1 amide bonds. The molecule has 9 nitrogen and oxygen atoms in total. The maximum Gasteiger partial charge on any atom is 0.287 e. The first-order valence-corrected chi connectivity index (χ1v) is 6.82. The lowest BCUT2D eigenvalue weighted by atomic mass is 10.2. The van der Waals surface area contributed by atoms with E-state index in [0.717, 1.165) is 0 Å². The van der Waals surface area contributed by atoms with Crippen molar-refractivity contribution in [3.8, 4) is 0 Å². The van der Waals surface area contributed by atoms with E-state index >= 15 is 0 Å². The summed E-state index contributed by atoms with van der Waals surface area (Å²) < 4.78 is 5.00. The second kappa shape index (κ2) is 5.87. The lowest BCUT2D eigenvalue weighted by molar-refractivity contribution is 0.0936. The van der Waals surface area contributed by atoms with Crippen molar-refractivity contribution in [2.75, 3.05) is 19.0 Å². The maximum absolute atomic E-state index is 12.1. The molecule has 2 heterocycles. The van der Waals surface area contributed by atoms with Crippen LogP contribution < -0.4 is 15.8 Å². The number of H-pyrrole nitrogens is 1. The van der Waals surface area contributed by atoms with Crippen LogP contribution in [0.1, 0.15) is 16.5 Å². The molecule has 1 aromatic carbocycles. The SMILES string of the molecule is CN(C)c1noc(CNC(=O)c2nc3ccccc3c(=O)[nH]2)n1. The molecule has 3 rings (SSSR count). The molecule has 118 valence electrons. The highest BCUT2D eigenvalue weighted by molar-refractivity contribution is 5.92. The molecule has 0 atom stereocenters. The number of benzene rings is 1. The molecule has 23 heavy (non-hydrogen) atoms. The minimum Gasteiger partial charge on any atom is -0.344 e. The third-order valence-corrected chi connectivity index (χ3v) is 3.09. The molecule has 0 fully saturated rings. The largest absolute Gasteiger partial charge is 0.344 e. The van der Waals surface area contributed by atoms with Crippen molar-refractivity contribution in [3.05, 3.63) is 46.3 Å². The molecule has 0 spiro atoms. The minimum absolute atomic E-state index is 0.0379. The van der Waals surface area contributed by atoms with Gasteiger partial charge in [0.05, 0.1) is 17.4 Å². The Bertz CT molecular complexity index is 914. The minimum atomic E-state index is -0.530. The summed E-state index contributed by atoms with van der Waals surface area (Å²) in [7, 11) is 3.55. The Labute approximate surface area is 130 Å². The Morgan fingerprint density at radius 1 is 1.30 bits per heavy atom. The molecule has 2 aromatic heterocycles. The first-order valence-electron chi connectivity index (χ1n) is 6.82. The predicted molar refractivity (Wildman–Crippen MR) is 82.2 cm³/mol. The van der Waals surface area contributed by atoms with Gasteiger partial charge in [-0.25, -0.2) is 4.98 Å². The van der Waals surface area contributed by atoms with Gasteiger partial charge >= 0.3 is 0 Å². The first kappa shape index (κ1) is 14.7. The van der Waals surface area contributed by atoms with Crippen LogP contribution in [-0.2, 0) is 6.54 Å². The molecule has 2 N–H and O–H groups in total. The van der Waals surface area contributed by atoms with Crippen molar-refractivity contribution in [1.82, 2.24) is 25.4 Å². The number of nitrogens with one attached hydrogen (secondary N) is 2. The smallest absolute Gasteiger partial charge is 0.287 e. The van der Waals surface area contributed by atoms with Crippen molar-refractivity contribution in [2.45, 2.75) is 6.54 Å². The van der Waals surface area contributed by atoms with Crippen LogP contribution in [0.2, 0.25) is 0 Å². The lowest BCUT2D eigenvalue weighted by Crippen LogP contribution is -2.27. The second-order valence-corrected chi connectivity index (χ2v) is 5.00. The van der Waals surface area contributed by atoms with E-state index in [1.165, 1.54) is 0 Å². The zero-order valence-electron chi connectivity index (χ0n) is 12.5. The quantitative estimate of drug-likeness (QED) is 0.711. The molecule has 0 aliphatic carbocycles. The molecular formula is C14H14N6O3. The fourth-order valence-corrected chi connectivity index (χ4v) is 1.93. The average molecular weight is 314 g/mol. The van der Waals surface area contributed by atoms with Gasteiger partial charge in [0, 0.05) is 14.1 Å². The molecule has 0 unspecified atom stereocenters. The van der Waals surface area contributed by atoms with Crippen LogP contribution in [0.3, 0.4) is 0 Å². The molecule has 0 saturated carbocycles. The number of nitrogens with zero attached hydrogens (tertiary/aromatic N) is 4. The Hall–Kier alpha value is -3.23. The molecule has 0 radical (unpaired) electrons. The third kappa shape index (κ3) is 3.03. The number of fused-ring (bicyclic) bond motifs is 1. The van der Waals surface area contributed by atoms with Gasteiger partial charge in [-0.05, 0) is 17.3 Å². The van der Waals surface area contributed by atoms with Gasteiger partial charge in [0.2, 0.25) is 5.89 Å². The number of carbonyl (C=O) groups is 1. The van der Waals surface area contributed by atoms with Crippen LogP contribution in [0.15, 0.2) is 33.6 Å². The number of anilines is 1. The highest BCUT2D eigenvalue weighted by Crippen LogP contribution is 2.07. The topological polar surface area (TPSA) is 117 Å². The molecule has 0 aliphatic rings. The van der Waals surface area contributed by atoms with Gasteiger partial charge in [0.15, 0.2) is 5.82 Å². The van der Waals surface area contributed by atoms with Crippen molar-refractivity contribution in [2.24, 2.45) is 0 Å². The molecule has 0 bridgehead atoms. The van der Waals surface area contributed by atoms with Crippen LogP contribution in [-0.4, -0.2) is 40.1 Å². The summed E-state index contributed by atoms with van der Waals surface area (Å²) in [4.78, 5) is 36.4. The van der Waals surface area contributed by atoms with Crippen LogP contribution in [0, 0.1) is 0 Å². The fourth-order valence-electron chi connectivity index (χ4n) is 1.93. The van der Waals surface area contributed by atoms with E-state index in [4.69, 9.17) is 4.52 Å². The molecular weight excluding hydrogens is 300 g/mol.